The number of esters is 1. The summed E-state index contributed by atoms with van der Waals surface area (Å²) >= 11 is 0. The Morgan fingerprint density at radius 1 is 1.06 bits per heavy atom. The molecule has 94 valence electrons. The number of carbonyl (C=O) groups excluding carboxylic acids is 1. The molecule has 0 saturated carbocycles. The fraction of sp³-hybridized carbons (Fsp3) is 0.786. The van der Waals surface area contributed by atoms with Crippen LogP contribution in [0.5, 0.6) is 0 Å². The van der Waals surface area contributed by atoms with E-state index in [1.165, 1.54) is 19.3 Å². The zero-order valence-electron chi connectivity index (χ0n) is 10.8. The van der Waals surface area contributed by atoms with Gasteiger partial charge >= 0.3 is 5.97 Å². The minimum atomic E-state index is -0.0404. The van der Waals surface area contributed by atoms with Gasteiger partial charge in [-0.2, -0.15) is 0 Å². The molecule has 0 radical (unpaired) electrons. The molecular formula is C14H26O2. The Kier molecular flexibility index (Phi) is 11.7. The maximum atomic E-state index is 11.3. The largest absolute Gasteiger partial charge is 0.465 e. The van der Waals surface area contributed by atoms with E-state index >= 15 is 0 Å². The summed E-state index contributed by atoms with van der Waals surface area (Å²) in [5, 5.41) is 0. The van der Waals surface area contributed by atoms with E-state index < -0.39 is 0 Å². The summed E-state index contributed by atoms with van der Waals surface area (Å²) in [6.07, 6.45) is 12.5. The standard InChI is InChI=1S/C14H26O2/c1-3-5-7-9-10-12-14(15)16-13-11-8-6-4-2/h6,8H,3-5,7,9-13H2,1-2H3. The van der Waals surface area contributed by atoms with Crippen LogP contribution in [0.3, 0.4) is 0 Å². The third kappa shape index (κ3) is 11.3. The van der Waals surface area contributed by atoms with Crippen molar-refractivity contribution in [2.45, 2.75) is 65.2 Å². The predicted molar refractivity (Wildman–Crippen MR) is 68.4 cm³/mol. The molecule has 2 nitrogen and oxygen atoms in total. The molecule has 0 saturated heterocycles. The number of ether oxygens (including phenoxy) is 1. The van der Waals surface area contributed by atoms with E-state index in [9.17, 15) is 4.79 Å². The third-order valence-corrected chi connectivity index (χ3v) is 2.43. The molecule has 0 N–H and O–H groups in total. The summed E-state index contributed by atoms with van der Waals surface area (Å²) in [6, 6.07) is 0. The molecule has 2 heteroatoms. The van der Waals surface area contributed by atoms with Gasteiger partial charge in [0, 0.05) is 6.42 Å². The van der Waals surface area contributed by atoms with Gasteiger partial charge in [-0.25, -0.2) is 0 Å². The van der Waals surface area contributed by atoms with Crippen molar-refractivity contribution >= 4 is 5.97 Å². The molecule has 0 atom stereocenters. The van der Waals surface area contributed by atoms with Crippen molar-refractivity contribution in [3.63, 3.8) is 0 Å². The van der Waals surface area contributed by atoms with Gasteiger partial charge in [-0.05, 0) is 19.3 Å². The highest BCUT2D eigenvalue weighted by Crippen LogP contribution is 2.05. The Balaban J connectivity index is 3.21. The molecule has 0 unspecified atom stereocenters. The number of carbonyl (C=O) groups is 1. The molecule has 0 spiro atoms. The lowest BCUT2D eigenvalue weighted by molar-refractivity contribution is -0.143. The van der Waals surface area contributed by atoms with Crippen LogP contribution in [0, 0.1) is 0 Å². The van der Waals surface area contributed by atoms with Crippen LogP contribution in [0.2, 0.25) is 0 Å². The molecule has 0 aliphatic rings. The van der Waals surface area contributed by atoms with Gasteiger partial charge in [-0.1, -0.05) is 51.7 Å². The molecule has 0 rings (SSSR count). The Labute approximate surface area is 100 Å². The van der Waals surface area contributed by atoms with E-state index in [0.29, 0.717) is 13.0 Å². The van der Waals surface area contributed by atoms with Crippen LogP contribution in [0.4, 0.5) is 0 Å². The molecule has 0 aromatic heterocycles. The molecule has 0 amide bonds. The summed E-state index contributed by atoms with van der Waals surface area (Å²) in [6.45, 7) is 4.82. The van der Waals surface area contributed by atoms with Gasteiger partial charge in [0.2, 0.25) is 0 Å². The second kappa shape index (κ2) is 12.3. The van der Waals surface area contributed by atoms with E-state index in [1.54, 1.807) is 0 Å². The summed E-state index contributed by atoms with van der Waals surface area (Å²) < 4.78 is 5.10. The number of unbranched alkanes of at least 4 members (excludes halogenated alkanes) is 4. The zero-order chi connectivity index (χ0) is 12.1. The van der Waals surface area contributed by atoms with Gasteiger partial charge in [-0.3, -0.25) is 4.79 Å². The second-order valence-electron chi connectivity index (χ2n) is 4.05. The molecule has 0 aromatic carbocycles. The average Bonchev–Trinajstić information content (AvgIpc) is 2.28. The van der Waals surface area contributed by atoms with Gasteiger partial charge in [0.15, 0.2) is 0 Å². The van der Waals surface area contributed by atoms with Gasteiger partial charge < -0.3 is 4.74 Å². The molecule has 0 heterocycles. The van der Waals surface area contributed by atoms with Crippen LogP contribution in [0.15, 0.2) is 12.2 Å². The Bertz CT molecular complexity index is 185. The number of hydrogen-bond donors (Lipinski definition) is 0. The third-order valence-electron chi connectivity index (χ3n) is 2.43. The van der Waals surface area contributed by atoms with Crippen LogP contribution in [0.25, 0.3) is 0 Å². The molecule has 0 aromatic rings. The first-order valence-corrected chi connectivity index (χ1v) is 6.61. The highest BCUT2D eigenvalue weighted by atomic mass is 16.5. The summed E-state index contributed by atoms with van der Waals surface area (Å²) in [5.74, 6) is -0.0404. The van der Waals surface area contributed by atoms with Crippen LogP contribution < -0.4 is 0 Å². The topological polar surface area (TPSA) is 26.3 Å². The molecule has 0 bridgehead atoms. The number of hydrogen-bond acceptors (Lipinski definition) is 2. The summed E-state index contributed by atoms with van der Waals surface area (Å²) in [5.41, 5.74) is 0. The fourth-order valence-corrected chi connectivity index (χ4v) is 1.47. The minimum absolute atomic E-state index is 0.0404. The van der Waals surface area contributed by atoms with E-state index in [-0.39, 0.29) is 5.97 Å². The van der Waals surface area contributed by atoms with Gasteiger partial charge in [0.1, 0.15) is 0 Å². The Morgan fingerprint density at radius 2 is 1.81 bits per heavy atom. The molecule has 0 fully saturated rings. The van der Waals surface area contributed by atoms with E-state index in [1.807, 2.05) is 0 Å². The van der Waals surface area contributed by atoms with Crippen molar-refractivity contribution in [2.75, 3.05) is 6.61 Å². The Morgan fingerprint density at radius 3 is 2.50 bits per heavy atom. The fourth-order valence-electron chi connectivity index (χ4n) is 1.47. The molecule has 0 aliphatic carbocycles. The molecule has 0 aliphatic heterocycles. The average molecular weight is 226 g/mol. The number of rotatable bonds is 10. The lowest BCUT2D eigenvalue weighted by Gasteiger charge is -2.02. The SMILES string of the molecule is CCC=CCCOC(=O)CCCCCCC. The zero-order valence-corrected chi connectivity index (χ0v) is 10.8. The van der Waals surface area contributed by atoms with Crippen molar-refractivity contribution in [3.05, 3.63) is 12.2 Å². The molecule has 16 heavy (non-hydrogen) atoms. The van der Waals surface area contributed by atoms with E-state index in [2.05, 4.69) is 26.0 Å². The van der Waals surface area contributed by atoms with Gasteiger partial charge in [0.25, 0.3) is 0 Å². The quantitative estimate of drug-likeness (QED) is 0.316. The first-order chi connectivity index (χ1) is 7.81. The maximum Gasteiger partial charge on any atom is 0.305 e. The molecular weight excluding hydrogens is 200 g/mol. The summed E-state index contributed by atoms with van der Waals surface area (Å²) in [4.78, 5) is 11.3. The normalized spacial score (nSPS) is 10.9. The highest BCUT2D eigenvalue weighted by molar-refractivity contribution is 5.69. The van der Waals surface area contributed by atoms with Crippen molar-refractivity contribution in [1.29, 1.82) is 0 Å². The van der Waals surface area contributed by atoms with Crippen molar-refractivity contribution in [2.24, 2.45) is 0 Å². The van der Waals surface area contributed by atoms with Crippen LogP contribution in [-0.2, 0) is 9.53 Å². The Hall–Kier alpha value is -0.790. The van der Waals surface area contributed by atoms with E-state index in [0.717, 1.165) is 25.7 Å². The monoisotopic (exact) mass is 226 g/mol. The van der Waals surface area contributed by atoms with Crippen LogP contribution >= 0.6 is 0 Å². The number of allylic oxidation sites excluding steroid dienone is 1. The maximum absolute atomic E-state index is 11.3. The lowest BCUT2D eigenvalue weighted by atomic mass is 10.1. The second-order valence-corrected chi connectivity index (χ2v) is 4.05. The van der Waals surface area contributed by atoms with Crippen molar-refractivity contribution < 1.29 is 9.53 Å². The van der Waals surface area contributed by atoms with Crippen molar-refractivity contribution in [1.82, 2.24) is 0 Å². The van der Waals surface area contributed by atoms with Crippen molar-refractivity contribution in [3.8, 4) is 0 Å². The van der Waals surface area contributed by atoms with E-state index in [4.69, 9.17) is 4.74 Å². The lowest BCUT2D eigenvalue weighted by Crippen LogP contribution is -2.04. The van der Waals surface area contributed by atoms with Crippen LogP contribution in [-0.4, -0.2) is 12.6 Å². The van der Waals surface area contributed by atoms with Crippen LogP contribution in [0.1, 0.15) is 65.2 Å². The summed E-state index contributed by atoms with van der Waals surface area (Å²) in [7, 11) is 0. The smallest absolute Gasteiger partial charge is 0.305 e. The highest BCUT2D eigenvalue weighted by Gasteiger charge is 2.01. The van der Waals surface area contributed by atoms with Gasteiger partial charge in [0.05, 0.1) is 6.61 Å². The predicted octanol–water partition coefficient (Wildman–Crippen LogP) is 4.25. The first-order valence-electron chi connectivity index (χ1n) is 6.61. The minimum Gasteiger partial charge on any atom is -0.465 e. The first kappa shape index (κ1) is 15.2. The van der Waals surface area contributed by atoms with Gasteiger partial charge in [-0.15, -0.1) is 0 Å².